The van der Waals surface area contributed by atoms with E-state index >= 15 is 0 Å². The fraction of sp³-hybridized carbons (Fsp3) is 0.923. The Morgan fingerprint density at radius 1 is 1.47 bits per heavy atom. The molecule has 110 valence electrons. The van der Waals surface area contributed by atoms with Crippen LogP contribution in [0.1, 0.15) is 25.7 Å². The van der Waals surface area contributed by atoms with Gasteiger partial charge >= 0.3 is 0 Å². The third-order valence-corrected chi connectivity index (χ3v) is 4.92. The lowest BCUT2D eigenvalue weighted by atomic mass is 9.72. The van der Waals surface area contributed by atoms with Gasteiger partial charge in [0.25, 0.3) is 0 Å². The van der Waals surface area contributed by atoms with Crippen LogP contribution in [0.5, 0.6) is 0 Å². The van der Waals surface area contributed by atoms with Crippen molar-refractivity contribution in [1.82, 2.24) is 10.2 Å². The fourth-order valence-electron chi connectivity index (χ4n) is 3.02. The number of nitrogens with zero attached hydrogens (tertiary/aromatic N) is 1. The van der Waals surface area contributed by atoms with E-state index in [2.05, 4.69) is 22.8 Å². The van der Waals surface area contributed by atoms with Crippen LogP contribution in [-0.2, 0) is 9.53 Å². The fourth-order valence-corrected chi connectivity index (χ4v) is 3.23. The molecule has 5 nitrogen and oxygen atoms in total. The molecule has 2 N–H and O–H groups in total. The molecule has 0 radical (unpaired) electrons. The highest BCUT2D eigenvalue weighted by Crippen LogP contribution is 2.43. The van der Waals surface area contributed by atoms with Gasteiger partial charge in [-0.2, -0.15) is 12.6 Å². The minimum atomic E-state index is -0.495. The zero-order chi connectivity index (χ0) is 13.9. The zero-order valence-corrected chi connectivity index (χ0v) is 12.4. The van der Waals surface area contributed by atoms with Crippen molar-refractivity contribution in [2.45, 2.75) is 36.8 Å². The minimum absolute atomic E-state index is 0.00753. The molecule has 2 fully saturated rings. The van der Waals surface area contributed by atoms with Gasteiger partial charge in [0, 0.05) is 18.5 Å². The topological polar surface area (TPSA) is 61.8 Å². The van der Waals surface area contributed by atoms with Crippen LogP contribution < -0.4 is 5.32 Å². The normalized spacial score (nSPS) is 30.1. The Hall–Kier alpha value is -0.300. The summed E-state index contributed by atoms with van der Waals surface area (Å²) in [5.41, 5.74) is -0.430. The van der Waals surface area contributed by atoms with Crippen LogP contribution in [0.25, 0.3) is 0 Å². The number of amides is 1. The van der Waals surface area contributed by atoms with Gasteiger partial charge in [-0.25, -0.2) is 0 Å². The van der Waals surface area contributed by atoms with E-state index in [1.165, 1.54) is 6.42 Å². The molecule has 2 aliphatic rings. The first-order valence-electron chi connectivity index (χ1n) is 6.89. The first-order valence-corrected chi connectivity index (χ1v) is 7.52. The van der Waals surface area contributed by atoms with Gasteiger partial charge in [-0.1, -0.05) is 0 Å². The Balaban J connectivity index is 2.01. The van der Waals surface area contributed by atoms with E-state index in [9.17, 15) is 9.90 Å². The van der Waals surface area contributed by atoms with Crippen molar-refractivity contribution >= 4 is 18.5 Å². The van der Waals surface area contributed by atoms with Gasteiger partial charge in [-0.3, -0.25) is 9.69 Å². The standard InChI is InChI=1S/C13H24N2O3S/c1-15-12(4-2-5-12)9-18-10-13(15,8-16)7-14-11(17)3-6-19/h16,19H,2-10H2,1H3,(H,14,17). The van der Waals surface area contributed by atoms with E-state index in [0.717, 1.165) is 19.4 Å². The maximum atomic E-state index is 11.6. The Kier molecular flexibility index (Phi) is 4.76. The molecular formula is C13H24N2O3S. The number of morpholine rings is 1. The summed E-state index contributed by atoms with van der Waals surface area (Å²) in [5.74, 6) is 0.512. The van der Waals surface area contributed by atoms with Crippen molar-refractivity contribution in [3.05, 3.63) is 0 Å². The predicted molar refractivity (Wildman–Crippen MR) is 76.5 cm³/mol. The second kappa shape index (κ2) is 5.99. The molecule has 1 heterocycles. The summed E-state index contributed by atoms with van der Waals surface area (Å²) in [7, 11) is 2.04. The number of aliphatic hydroxyl groups excluding tert-OH is 1. The monoisotopic (exact) mass is 288 g/mol. The maximum Gasteiger partial charge on any atom is 0.220 e. The molecule has 1 spiro atoms. The summed E-state index contributed by atoms with van der Waals surface area (Å²) in [5, 5.41) is 12.7. The molecule has 1 unspecified atom stereocenters. The Bertz CT molecular complexity index is 336. The van der Waals surface area contributed by atoms with E-state index in [-0.39, 0.29) is 18.1 Å². The molecule has 1 saturated carbocycles. The van der Waals surface area contributed by atoms with Crippen LogP contribution >= 0.6 is 12.6 Å². The van der Waals surface area contributed by atoms with E-state index in [1.807, 2.05) is 7.05 Å². The van der Waals surface area contributed by atoms with Crippen molar-refractivity contribution in [2.75, 3.05) is 39.2 Å². The number of thiol groups is 1. The van der Waals surface area contributed by atoms with Crippen molar-refractivity contribution in [3.8, 4) is 0 Å². The van der Waals surface area contributed by atoms with Gasteiger partial charge in [0.15, 0.2) is 0 Å². The van der Waals surface area contributed by atoms with E-state index < -0.39 is 5.54 Å². The lowest BCUT2D eigenvalue weighted by Crippen LogP contribution is -2.73. The SMILES string of the molecule is CN1C2(CCC2)COCC1(CO)CNC(=O)CCS. The van der Waals surface area contributed by atoms with E-state index in [4.69, 9.17) is 4.74 Å². The number of aliphatic hydroxyl groups is 1. The summed E-state index contributed by atoms with van der Waals surface area (Å²) in [6, 6.07) is 0. The van der Waals surface area contributed by atoms with Crippen molar-refractivity contribution in [1.29, 1.82) is 0 Å². The first-order chi connectivity index (χ1) is 9.08. The third kappa shape index (κ3) is 2.77. The average Bonchev–Trinajstić information content (AvgIpc) is 2.36. The quantitative estimate of drug-likeness (QED) is 0.625. The lowest BCUT2D eigenvalue weighted by Gasteiger charge is -2.59. The number of carbonyl (C=O) groups excluding carboxylic acids is 1. The van der Waals surface area contributed by atoms with E-state index in [0.29, 0.717) is 25.3 Å². The second-order valence-electron chi connectivity index (χ2n) is 5.76. The molecule has 19 heavy (non-hydrogen) atoms. The summed E-state index contributed by atoms with van der Waals surface area (Å²) in [6.45, 7) is 1.61. The van der Waals surface area contributed by atoms with Crippen LogP contribution in [-0.4, -0.2) is 66.2 Å². The Morgan fingerprint density at radius 3 is 2.74 bits per heavy atom. The minimum Gasteiger partial charge on any atom is -0.394 e. The van der Waals surface area contributed by atoms with Gasteiger partial charge < -0.3 is 15.2 Å². The summed E-state index contributed by atoms with van der Waals surface area (Å²) in [4.78, 5) is 13.8. The molecule has 1 atom stereocenters. The number of hydrogen-bond donors (Lipinski definition) is 3. The number of hydrogen-bond acceptors (Lipinski definition) is 5. The van der Waals surface area contributed by atoms with Gasteiger partial charge in [0.1, 0.15) is 0 Å². The highest BCUT2D eigenvalue weighted by Gasteiger charge is 2.53. The molecule has 0 aromatic carbocycles. The highest BCUT2D eigenvalue weighted by atomic mass is 32.1. The average molecular weight is 288 g/mol. The Labute approximate surface area is 120 Å². The molecule has 0 bridgehead atoms. The van der Waals surface area contributed by atoms with Crippen LogP contribution in [0.3, 0.4) is 0 Å². The summed E-state index contributed by atoms with van der Waals surface area (Å²) in [6.07, 6.45) is 3.83. The molecule has 1 aliphatic heterocycles. The number of nitrogens with one attached hydrogen (secondary N) is 1. The van der Waals surface area contributed by atoms with Gasteiger partial charge in [0.2, 0.25) is 5.91 Å². The summed E-state index contributed by atoms with van der Waals surface area (Å²) >= 11 is 4.05. The number of likely N-dealkylation sites (N-methyl/N-ethyl adjacent to an activating group) is 1. The van der Waals surface area contributed by atoms with Crippen molar-refractivity contribution in [3.63, 3.8) is 0 Å². The lowest BCUT2D eigenvalue weighted by molar-refractivity contribution is -0.180. The van der Waals surface area contributed by atoms with Crippen LogP contribution in [0.2, 0.25) is 0 Å². The van der Waals surface area contributed by atoms with Gasteiger partial charge in [-0.15, -0.1) is 0 Å². The third-order valence-electron chi connectivity index (χ3n) is 4.70. The molecule has 1 saturated heterocycles. The van der Waals surface area contributed by atoms with Gasteiger partial charge in [0.05, 0.1) is 25.4 Å². The highest BCUT2D eigenvalue weighted by molar-refractivity contribution is 7.80. The van der Waals surface area contributed by atoms with Crippen molar-refractivity contribution in [2.24, 2.45) is 0 Å². The van der Waals surface area contributed by atoms with Crippen LogP contribution in [0, 0.1) is 0 Å². The second-order valence-corrected chi connectivity index (χ2v) is 6.21. The number of rotatable bonds is 5. The number of ether oxygens (including phenoxy) is 1. The summed E-state index contributed by atoms with van der Waals surface area (Å²) < 4.78 is 5.73. The largest absolute Gasteiger partial charge is 0.394 e. The number of carbonyl (C=O) groups is 1. The van der Waals surface area contributed by atoms with Crippen LogP contribution in [0.15, 0.2) is 0 Å². The zero-order valence-electron chi connectivity index (χ0n) is 11.5. The molecule has 1 amide bonds. The van der Waals surface area contributed by atoms with E-state index in [1.54, 1.807) is 0 Å². The molecule has 6 heteroatoms. The molecule has 0 aromatic rings. The Morgan fingerprint density at radius 2 is 2.21 bits per heavy atom. The smallest absolute Gasteiger partial charge is 0.220 e. The first kappa shape index (κ1) is 15.1. The molecular weight excluding hydrogens is 264 g/mol. The molecule has 0 aromatic heterocycles. The molecule has 2 rings (SSSR count). The van der Waals surface area contributed by atoms with Gasteiger partial charge in [-0.05, 0) is 32.1 Å². The predicted octanol–water partition coefficient (Wildman–Crippen LogP) is 0.0383. The molecule has 1 aliphatic carbocycles. The van der Waals surface area contributed by atoms with Crippen molar-refractivity contribution < 1.29 is 14.6 Å². The van der Waals surface area contributed by atoms with Crippen LogP contribution in [0.4, 0.5) is 0 Å². The maximum absolute atomic E-state index is 11.6.